The number of fused-ring (bicyclic) bond motifs is 1. The van der Waals surface area contributed by atoms with Crippen LogP contribution in [-0.4, -0.2) is 29.0 Å². The first kappa shape index (κ1) is 15.5. The van der Waals surface area contributed by atoms with Gasteiger partial charge in [-0.25, -0.2) is 0 Å². The molecular weight excluding hydrogens is 293 g/mol. The van der Waals surface area contributed by atoms with Crippen LogP contribution in [0, 0.1) is 0 Å². The number of nitrogens with two attached hydrogens (primary N) is 1. The molecule has 1 aliphatic rings. The summed E-state index contributed by atoms with van der Waals surface area (Å²) in [6, 6.07) is 8.30. The molecule has 2 N–H and O–H groups in total. The predicted octanol–water partition coefficient (Wildman–Crippen LogP) is 3.23. The van der Waals surface area contributed by atoms with Crippen molar-refractivity contribution in [1.82, 2.24) is 9.88 Å². The van der Waals surface area contributed by atoms with E-state index in [1.165, 1.54) is 12.0 Å². The number of aromatic nitrogens is 1. The second kappa shape index (κ2) is 6.72. The van der Waals surface area contributed by atoms with Gasteiger partial charge in [-0.15, -0.1) is 12.4 Å². The van der Waals surface area contributed by atoms with Crippen LogP contribution in [0.4, 0.5) is 0 Å². The summed E-state index contributed by atoms with van der Waals surface area (Å²) in [5.41, 5.74) is 8.28. The lowest BCUT2D eigenvalue weighted by molar-refractivity contribution is 0.202. The van der Waals surface area contributed by atoms with E-state index in [0.717, 1.165) is 42.0 Å². The fourth-order valence-electron chi connectivity index (χ4n) is 2.80. The molecule has 3 rings (SSSR count). The van der Waals surface area contributed by atoms with Gasteiger partial charge in [-0.3, -0.25) is 9.88 Å². The van der Waals surface area contributed by atoms with Gasteiger partial charge >= 0.3 is 0 Å². The van der Waals surface area contributed by atoms with Gasteiger partial charge in [0.05, 0.1) is 5.52 Å². The van der Waals surface area contributed by atoms with E-state index in [4.69, 9.17) is 17.3 Å². The number of hydrogen-bond donors (Lipinski definition) is 1. The predicted molar refractivity (Wildman–Crippen MR) is 86.5 cm³/mol. The Balaban J connectivity index is 0.00000147. The Labute approximate surface area is 130 Å². The SMILES string of the molecule is Cl.NC1CCCN(Cc2ccc(Cl)c3cccnc23)C1. The van der Waals surface area contributed by atoms with Gasteiger partial charge in [0.1, 0.15) is 0 Å². The third-order valence-corrected chi connectivity index (χ3v) is 4.07. The monoisotopic (exact) mass is 311 g/mol. The van der Waals surface area contributed by atoms with E-state index in [9.17, 15) is 0 Å². The summed E-state index contributed by atoms with van der Waals surface area (Å²) < 4.78 is 0. The zero-order valence-electron chi connectivity index (χ0n) is 11.3. The minimum absolute atomic E-state index is 0. The van der Waals surface area contributed by atoms with Crippen LogP contribution in [0.3, 0.4) is 0 Å². The van der Waals surface area contributed by atoms with Crippen molar-refractivity contribution in [2.75, 3.05) is 13.1 Å². The number of nitrogens with zero attached hydrogens (tertiary/aromatic N) is 2. The van der Waals surface area contributed by atoms with Crippen LogP contribution < -0.4 is 5.73 Å². The lowest BCUT2D eigenvalue weighted by atomic mass is 10.0. The van der Waals surface area contributed by atoms with Crippen LogP contribution in [0.2, 0.25) is 5.02 Å². The van der Waals surface area contributed by atoms with Gasteiger partial charge in [-0.2, -0.15) is 0 Å². The highest BCUT2D eigenvalue weighted by atomic mass is 35.5. The molecule has 1 aliphatic heterocycles. The van der Waals surface area contributed by atoms with Crippen LogP contribution in [-0.2, 0) is 6.54 Å². The Morgan fingerprint density at radius 3 is 3.00 bits per heavy atom. The van der Waals surface area contributed by atoms with E-state index in [0.29, 0.717) is 6.04 Å². The maximum absolute atomic E-state index is 6.22. The maximum Gasteiger partial charge on any atom is 0.0761 e. The van der Waals surface area contributed by atoms with Gasteiger partial charge in [0.15, 0.2) is 0 Å². The fourth-order valence-corrected chi connectivity index (χ4v) is 3.02. The van der Waals surface area contributed by atoms with Crippen LogP contribution in [0.1, 0.15) is 18.4 Å². The average molecular weight is 312 g/mol. The van der Waals surface area contributed by atoms with Crippen molar-refractivity contribution in [2.45, 2.75) is 25.4 Å². The number of likely N-dealkylation sites (tertiary alicyclic amines) is 1. The van der Waals surface area contributed by atoms with E-state index < -0.39 is 0 Å². The van der Waals surface area contributed by atoms with Crippen molar-refractivity contribution in [3.63, 3.8) is 0 Å². The average Bonchev–Trinajstić information content (AvgIpc) is 2.42. The zero-order valence-corrected chi connectivity index (χ0v) is 12.8. The van der Waals surface area contributed by atoms with Gasteiger partial charge in [0.25, 0.3) is 0 Å². The van der Waals surface area contributed by atoms with Gasteiger partial charge in [0, 0.05) is 35.7 Å². The molecule has 0 aliphatic carbocycles. The molecule has 5 heteroatoms. The number of piperidine rings is 1. The van der Waals surface area contributed by atoms with Crippen molar-refractivity contribution < 1.29 is 0 Å². The van der Waals surface area contributed by atoms with Gasteiger partial charge in [0.2, 0.25) is 0 Å². The van der Waals surface area contributed by atoms with Crippen LogP contribution in [0.25, 0.3) is 10.9 Å². The number of pyridine rings is 1. The summed E-state index contributed by atoms with van der Waals surface area (Å²) in [7, 11) is 0. The van der Waals surface area contributed by atoms with E-state index in [1.54, 1.807) is 0 Å². The minimum atomic E-state index is 0. The Hall–Kier alpha value is -0.870. The molecule has 0 saturated carbocycles. The summed E-state index contributed by atoms with van der Waals surface area (Å²) in [5.74, 6) is 0. The molecule has 1 fully saturated rings. The molecule has 0 spiro atoms. The number of halogens is 2. The second-order valence-electron chi connectivity index (χ2n) is 5.24. The molecule has 20 heavy (non-hydrogen) atoms. The Kier molecular flexibility index (Phi) is 5.22. The molecule has 2 heterocycles. The molecule has 2 aromatic rings. The van der Waals surface area contributed by atoms with Crippen molar-refractivity contribution in [3.05, 3.63) is 41.0 Å². The molecular formula is C15H19Cl2N3. The molecule has 0 bridgehead atoms. The third-order valence-electron chi connectivity index (χ3n) is 3.74. The van der Waals surface area contributed by atoms with Crippen LogP contribution in [0.15, 0.2) is 30.5 Å². The lowest BCUT2D eigenvalue weighted by Crippen LogP contribution is -2.42. The summed E-state index contributed by atoms with van der Waals surface area (Å²) in [6.07, 6.45) is 4.14. The quantitative estimate of drug-likeness (QED) is 0.926. The number of hydrogen-bond acceptors (Lipinski definition) is 3. The lowest BCUT2D eigenvalue weighted by Gasteiger charge is -2.30. The summed E-state index contributed by atoms with van der Waals surface area (Å²) in [5, 5.41) is 1.80. The molecule has 1 aromatic carbocycles. The van der Waals surface area contributed by atoms with E-state index >= 15 is 0 Å². The highest BCUT2D eigenvalue weighted by Gasteiger charge is 2.17. The largest absolute Gasteiger partial charge is 0.327 e. The molecule has 3 nitrogen and oxygen atoms in total. The maximum atomic E-state index is 6.22. The van der Waals surface area contributed by atoms with Gasteiger partial charge in [-0.05, 0) is 43.1 Å². The Morgan fingerprint density at radius 2 is 2.20 bits per heavy atom. The Morgan fingerprint density at radius 1 is 1.35 bits per heavy atom. The fraction of sp³-hybridized carbons (Fsp3) is 0.400. The van der Waals surface area contributed by atoms with Crippen molar-refractivity contribution in [1.29, 1.82) is 0 Å². The highest BCUT2D eigenvalue weighted by molar-refractivity contribution is 6.35. The van der Waals surface area contributed by atoms with Crippen LogP contribution in [0.5, 0.6) is 0 Å². The molecule has 1 atom stereocenters. The van der Waals surface area contributed by atoms with Crippen LogP contribution >= 0.6 is 24.0 Å². The second-order valence-corrected chi connectivity index (χ2v) is 5.65. The molecule has 0 amide bonds. The standard InChI is InChI=1S/C15H18ClN3.ClH/c16-14-6-5-11(15-13(14)4-1-7-18-15)9-19-8-2-3-12(17)10-19;/h1,4-7,12H,2-3,8-10,17H2;1H. The Bertz CT molecular complexity index is 588. The number of benzene rings is 1. The normalized spacial score (nSPS) is 19.8. The minimum Gasteiger partial charge on any atom is -0.327 e. The topological polar surface area (TPSA) is 42.1 Å². The summed E-state index contributed by atoms with van der Waals surface area (Å²) in [6.45, 7) is 2.99. The highest BCUT2D eigenvalue weighted by Crippen LogP contribution is 2.26. The van der Waals surface area contributed by atoms with Crippen molar-refractivity contribution in [3.8, 4) is 0 Å². The molecule has 1 saturated heterocycles. The van der Waals surface area contributed by atoms with Gasteiger partial charge in [-0.1, -0.05) is 17.7 Å². The zero-order chi connectivity index (χ0) is 13.2. The summed E-state index contributed by atoms with van der Waals surface area (Å²) >= 11 is 6.22. The first-order valence-corrected chi connectivity index (χ1v) is 7.12. The van der Waals surface area contributed by atoms with Crippen molar-refractivity contribution >= 4 is 34.9 Å². The molecule has 1 unspecified atom stereocenters. The molecule has 108 valence electrons. The summed E-state index contributed by atoms with van der Waals surface area (Å²) in [4.78, 5) is 6.89. The van der Waals surface area contributed by atoms with Crippen molar-refractivity contribution in [2.24, 2.45) is 5.73 Å². The first-order valence-electron chi connectivity index (χ1n) is 6.74. The van der Waals surface area contributed by atoms with E-state index in [2.05, 4.69) is 16.0 Å². The molecule has 1 aromatic heterocycles. The van der Waals surface area contributed by atoms with E-state index in [1.807, 2.05) is 24.4 Å². The molecule has 0 radical (unpaired) electrons. The van der Waals surface area contributed by atoms with Gasteiger partial charge < -0.3 is 5.73 Å². The third kappa shape index (κ3) is 3.23. The smallest absolute Gasteiger partial charge is 0.0761 e. The number of rotatable bonds is 2. The first-order chi connectivity index (χ1) is 9.24. The van der Waals surface area contributed by atoms with E-state index in [-0.39, 0.29) is 12.4 Å².